The largest absolute Gasteiger partial charge is 0.274 e. The van der Waals surface area contributed by atoms with E-state index in [-0.39, 0.29) is 11.8 Å². The van der Waals surface area contributed by atoms with Crippen molar-refractivity contribution in [2.24, 2.45) is 5.92 Å². The van der Waals surface area contributed by atoms with Crippen molar-refractivity contribution >= 4 is 45.7 Å². The summed E-state index contributed by atoms with van der Waals surface area (Å²) in [5.74, 6) is 0.230. The smallest absolute Gasteiger partial charge is 0.263 e. The lowest BCUT2D eigenvalue weighted by Crippen LogP contribution is -2.34. The molecule has 1 aromatic rings. The van der Waals surface area contributed by atoms with E-state index in [1.165, 1.54) is 16.2 Å². The highest BCUT2D eigenvalue weighted by Gasteiger charge is 2.39. The van der Waals surface area contributed by atoms with Gasteiger partial charge in [-0.15, -0.1) is 11.3 Å². The Labute approximate surface area is 131 Å². The molecule has 0 saturated carbocycles. The second kappa shape index (κ2) is 6.35. The third-order valence-corrected chi connectivity index (χ3v) is 5.73. The minimum atomic E-state index is -0.103. The summed E-state index contributed by atoms with van der Waals surface area (Å²) in [6, 6.07) is 0. The number of fused-ring (bicyclic) bond motifs is 1. The Morgan fingerprint density at radius 2 is 2.05 bits per heavy atom. The molecule has 0 N–H and O–H groups in total. The normalized spacial score (nSPS) is 16.1. The number of thiophene rings is 1. The Morgan fingerprint density at radius 3 is 2.63 bits per heavy atom. The number of carbonyl (C=O) groups is 2. The topological polar surface area (TPSA) is 37.4 Å². The predicted octanol–water partition coefficient (Wildman–Crippen LogP) is 4.17. The van der Waals surface area contributed by atoms with E-state index in [0.717, 1.165) is 28.6 Å². The minimum Gasteiger partial charge on any atom is -0.274 e. The van der Waals surface area contributed by atoms with Crippen LogP contribution in [0.4, 0.5) is 0 Å². The van der Waals surface area contributed by atoms with Gasteiger partial charge in [0.05, 0.1) is 14.0 Å². The van der Waals surface area contributed by atoms with Crippen LogP contribution in [0.25, 0.3) is 0 Å². The number of imide groups is 1. The summed E-state index contributed by atoms with van der Waals surface area (Å²) in [4.78, 5) is 26.0. The lowest BCUT2D eigenvalue weighted by atomic mass is 9.99. The van der Waals surface area contributed by atoms with Crippen LogP contribution in [0.3, 0.4) is 0 Å². The van der Waals surface area contributed by atoms with E-state index in [4.69, 9.17) is 0 Å². The van der Waals surface area contributed by atoms with Crippen molar-refractivity contribution in [2.75, 3.05) is 6.54 Å². The maximum absolute atomic E-state index is 12.3. The first-order chi connectivity index (χ1) is 9.10. The number of hydrogen-bond acceptors (Lipinski definition) is 3. The van der Waals surface area contributed by atoms with Crippen LogP contribution in [0.5, 0.6) is 0 Å². The SMILES string of the molecule is CCCCC(CC)CN1C(=O)c2csc(I)c2C1=O. The van der Waals surface area contributed by atoms with Crippen LogP contribution in [-0.4, -0.2) is 23.3 Å². The molecule has 5 heteroatoms. The quantitative estimate of drug-likeness (QED) is 0.539. The fraction of sp³-hybridized carbons (Fsp3) is 0.571. The number of rotatable bonds is 6. The van der Waals surface area contributed by atoms with Gasteiger partial charge in [-0.3, -0.25) is 14.5 Å². The predicted molar refractivity (Wildman–Crippen MR) is 85.7 cm³/mol. The average molecular weight is 391 g/mol. The van der Waals surface area contributed by atoms with Crippen LogP contribution < -0.4 is 0 Å². The van der Waals surface area contributed by atoms with Gasteiger partial charge >= 0.3 is 0 Å². The van der Waals surface area contributed by atoms with Gasteiger partial charge in [0.15, 0.2) is 0 Å². The molecule has 0 aliphatic carbocycles. The first kappa shape index (κ1) is 15.0. The Kier molecular flexibility index (Phi) is 5.00. The van der Waals surface area contributed by atoms with Gasteiger partial charge in [0.1, 0.15) is 0 Å². The molecule has 1 aromatic heterocycles. The second-order valence-corrected chi connectivity index (χ2v) is 7.63. The van der Waals surface area contributed by atoms with Crippen molar-refractivity contribution in [1.82, 2.24) is 4.90 Å². The molecule has 2 heterocycles. The standard InChI is InChI=1S/C14H18INO2S/c1-3-5-6-9(4-2)7-16-13(17)10-8-19-12(15)11(10)14(16)18/h8-9H,3-7H2,1-2H3. The summed E-state index contributed by atoms with van der Waals surface area (Å²) >= 11 is 3.61. The van der Waals surface area contributed by atoms with E-state index in [9.17, 15) is 9.59 Å². The van der Waals surface area contributed by atoms with Gasteiger partial charge in [-0.05, 0) is 34.9 Å². The number of hydrogen-bond donors (Lipinski definition) is 0. The molecule has 0 saturated heterocycles. The molecule has 104 valence electrons. The molecular weight excluding hydrogens is 373 g/mol. The van der Waals surface area contributed by atoms with Gasteiger partial charge in [-0.2, -0.15) is 0 Å². The van der Waals surface area contributed by atoms with Crippen molar-refractivity contribution in [3.63, 3.8) is 0 Å². The lowest BCUT2D eigenvalue weighted by Gasteiger charge is -2.21. The van der Waals surface area contributed by atoms with E-state index in [2.05, 4.69) is 36.4 Å². The Bertz CT molecular complexity index is 498. The Balaban J connectivity index is 2.11. The molecule has 0 aromatic carbocycles. The molecule has 1 atom stereocenters. The van der Waals surface area contributed by atoms with Gasteiger partial charge in [0.2, 0.25) is 0 Å². The van der Waals surface area contributed by atoms with Crippen LogP contribution in [0, 0.1) is 8.80 Å². The molecule has 0 spiro atoms. The van der Waals surface area contributed by atoms with Crippen molar-refractivity contribution in [1.29, 1.82) is 0 Å². The summed E-state index contributed by atoms with van der Waals surface area (Å²) in [6.07, 6.45) is 4.42. The molecule has 1 aliphatic rings. The highest BCUT2D eigenvalue weighted by atomic mass is 127. The summed E-state index contributed by atoms with van der Waals surface area (Å²) in [5, 5.41) is 1.81. The van der Waals surface area contributed by atoms with Crippen molar-refractivity contribution < 1.29 is 9.59 Å². The zero-order valence-corrected chi connectivity index (χ0v) is 14.2. The summed E-state index contributed by atoms with van der Waals surface area (Å²) in [6.45, 7) is 4.87. The van der Waals surface area contributed by atoms with Gasteiger partial charge in [0.25, 0.3) is 11.8 Å². The number of amides is 2. The van der Waals surface area contributed by atoms with Crippen LogP contribution in [-0.2, 0) is 0 Å². The molecule has 0 fully saturated rings. The van der Waals surface area contributed by atoms with Gasteiger partial charge in [0, 0.05) is 11.9 Å². The highest BCUT2D eigenvalue weighted by molar-refractivity contribution is 14.1. The van der Waals surface area contributed by atoms with E-state index >= 15 is 0 Å². The summed E-state index contributed by atoms with van der Waals surface area (Å²) in [5.41, 5.74) is 1.23. The van der Waals surface area contributed by atoms with Gasteiger partial charge in [-0.25, -0.2) is 0 Å². The van der Waals surface area contributed by atoms with Gasteiger partial charge < -0.3 is 0 Å². The molecule has 0 radical (unpaired) electrons. The van der Waals surface area contributed by atoms with Crippen molar-refractivity contribution in [3.8, 4) is 0 Å². The molecule has 2 rings (SSSR count). The monoisotopic (exact) mass is 391 g/mol. The zero-order valence-electron chi connectivity index (χ0n) is 11.2. The average Bonchev–Trinajstić information content (AvgIpc) is 2.89. The van der Waals surface area contributed by atoms with Crippen LogP contribution >= 0.6 is 33.9 Å². The van der Waals surface area contributed by atoms with E-state index in [0.29, 0.717) is 23.6 Å². The molecule has 1 aliphatic heterocycles. The first-order valence-electron chi connectivity index (χ1n) is 6.73. The van der Waals surface area contributed by atoms with E-state index < -0.39 is 0 Å². The third-order valence-electron chi connectivity index (χ3n) is 3.66. The number of unbranched alkanes of at least 4 members (excludes halogenated alkanes) is 1. The van der Waals surface area contributed by atoms with E-state index in [1.54, 1.807) is 0 Å². The van der Waals surface area contributed by atoms with Crippen LogP contribution in [0.15, 0.2) is 5.38 Å². The van der Waals surface area contributed by atoms with Crippen LogP contribution in [0.2, 0.25) is 0 Å². The first-order valence-corrected chi connectivity index (χ1v) is 8.69. The van der Waals surface area contributed by atoms with E-state index in [1.807, 2.05) is 5.38 Å². The third kappa shape index (κ3) is 2.86. The van der Waals surface area contributed by atoms with Crippen molar-refractivity contribution in [2.45, 2.75) is 39.5 Å². The number of halogens is 1. The number of nitrogens with zero attached hydrogens (tertiary/aromatic N) is 1. The minimum absolute atomic E-state index is 0.0967. The Hall–Kier alpha value is -0.430. The molecule has 1 unspecified atom stereocenters. The molecule has 19 heavy (non-hydrogen) atoms. The summed E-state index contributed by atoms with van der Waals surface area (Å²) in [7, 11) is 0. The zero-order chi connectivity index (χ0) is 14.0. The number of carbonyl (C=O) groups excluding carboxylic acids is 2. The molecular formula is C14H18INO2S. The van der Waals surface area contributed by atoms with Gasteiger partial charge in [-0.1, -0.05) is 33.1 Å². The summed E-state index contributed by atoms with van der Waals surface area (Å²) < 4.78 is 0.926. The fourth-order valence-electron chi connectivity index (χ4n) is 2.40. The highest BCUT2D eigenvalue weighted by Crippen LogP contribution is 2.33. The van der Waals surface area contributed by atoms with Crippen molar-refractivity contribution in [3.05, 3.63) is 19.4 Å². The fourth-order valence-corrected chi connectivity index (χ4v) is 4.06. The maximum Gasteiger partial charge on any atom is 0.263 e. The lowest BCUT2D eigenvalue weighted by molar-refractivity contribution is 0.0624. The molecule has 0 bridgehead atoms. The second-order valence-electron chi connectivity index (χ2n) is 4.94. The molecule has 3 nitrogen and oxygen atoms in total. The Morgan fingerprint density at radius 1 is 1.32 bits per heavy atom. The van der Waals surface area contributed by atoms with Crippen LogP contribution in [0.1, 0.15) is 60.2 Å². The molecule has 2 amide bonds. The maximum atomic E-state index is 12.3.